The molecule has 0 saturated carbocycles. The molecule has 12 heavy (non-hydrogen) atoms. The van der Waals surface area contributed by atoms with Crippen LogP contribution < -0.4 is 0 Å². The molecule has 3 nitrogen and oxygen atoms in total. The van der Waals surface area contributed by atoms with Gasteiger partial charge in [0.05, 0.1) is 4.92 Å². The van der Waals surface area contributed by atoms with E-state index in [1.807, 2.05) is 6.07 Å². The van der Waals surface area contributed by atoms with E-state index in [0.717, 1.165) is 5.56 Å². The summed E-state index contributed by atoms with van der Waals surface area (Å²) in [5, 5.41) is 11.1. The van der Waals surface area contributed by atoms with E-state index in [2.05, 4.69) is 15.9 Å². The number of benzene rings is 1. The number of rotatable bonds is 2. The number of nitro benzene ring substituents is 1. The third-order valence-corrected chi connectivity index (χ3v) is 2.27. The maximum Gasteiger partial charge on any atom is 0.272 e. The predicted octanol–water partition coefficient (Wildman–Crippen LogP) is 2.80. The first kappa shape index (κ1) is 9.19. The highest BCUT2D eigenvalue weighted by Gasteiger charge is 2.09. The molecule has 0 aliphatic rings. The van der Waals surface area contributed by atoms with Crippen LogP contribution in [0.3, 0.4) is 0 Å². The van der Waals surface area contributed by atoms with Gasteiger partial charge in [0.15, 0.2) is 0 Å². The molecular formula is C8H8BrNO2. The van der Waals surface area contributed by atoms with Gasteiger partial charge >= 0.3 is 0 Å². The van der Waals surface area contributed by atoms with Crippen LogP contribution in [0, 0.1) is 17.0 Å². The minimum atomic E-state index is -0.360. The molecule has 0 atom stereocenters. The summed E-state index contributed by atoms with van der Waals surface area (Å²) in [6.45, 7) is 1.73. The lowest BCUT2D eigenvalue weighted by Gasteiger charge is -1.98. The molecule has 0 unspecified atom stereocenters. The summed E-state index contributed by atoms with van der Waals surface area (Å²) in [6.07, 6.45) is 0. The first-order valence-electron chi connectivity index (χ1n) is 3.45. The van der Waals surface area contributed by atoms with Crippen LogP contribution in [0.15, 0.2) is 18.2 Å². The zero-order valence-electron chi connectivity index (χ0n) is 6.58. The third-order valence-electron chi connectivity index (χ3n) is 1.62. The van der Waals surface area contributed by atoms with Crippen molar-refractivity contribution in [2.45, 2.75) is 12.3 Å². The molecule has 1 rings (SSSR count). The minimum Gasteiger partial charge on any atom is -0.258 e. The summed E-state index contributed by atoms with van der Waals surface area (Å²) in [6, 6.07) is 5.22. The average Bonchev–Trinajstić information content (AvgIpc) is 2.05. The van der Waals surface area contributed by atoms with Crippen molar-refractivity contribution in [2.24, 2.45) is 0 Å². The summed E-state index contributed by atoms with van der Waals surface area (Å²) in [5.74, 6) is 0. The van der Waals surface area contributed by atoms with Crippen LogP contribution in [-0.2, 0) is 5.33 Å². The molecule has 0 aromatic heterocycles. The number of alkyl halides is 1. The molecule has 0 saturated heterocycles. The number of hydrogen-bond donors (Lipinski definition) is 0. The van der Waals surface area contributed by atoms with E-state index in [-0.39, 0.29) is 10.6 Å². The maximum absolute atomic E-state index is 10.5. The van der Waals surface area contributed by atoms with Crippen molar-refractivity contribution in [3.05, 3.63) is 39.4 Å². The molecule has 0 amide bonds. The molecule has 0 aliphatic carbocycles. The highest BCUT2D eigenvalue weighted by molar-refractivity contribution is 9.08. The van der Waals surface area contributed by atoms with E-state index in [1.54, 1.807) is 19.1 Å². The van der Waals surface area contributed by atoms with E-state index in [4.69, 9.17) is 0 Å². The molecule has 0 heterocycles. The standard InChI is InChI=1S/C8H8BrNO2/c1-6-2-3-7(5-9)4-8(6)10(11)12/h2-4H,5H2,1H3. The molecule has 0 radical (unpaired) electrons. The normalized spacial score (nSPS) is 9.83. The number of halogens is 1. The Hall–Kier alpha value is -0.900. The Morgan fingerprint density at radius 2 is 2.25 bits per heavy atom. The molecular weight excluding hydrogens is 222 g/mol. The fourth-order valence-electron chi connectivity index (χ4n) is 0.935. The van der Waals surface area contributed by atoms with Crippen molar-refractivity contribution in [3.8, 4) is 0 Å². The van der Waals surface area contributed by atoms with Gasteiger partial charge in [0.2, 0.25) is 0 Å². The Bertz CT molecular complexity index is 312. The molecule has 0 spiro atoms. The minimum absolute atomic E-state index is 0.187. The number of hydrogen-bond acceptors (Lipinski definition) is 2. The smallest absolute Gasteiger partial charge is 0.258 e. The molecule has 1 aromatic rings. The van der Waals surface area contributed by atoms with E-state index in [0.29, 0.717) is 10.9 Å². The average molecular weight is 230 g/mol. The number of nitrogens with zero attached hydrogens (tertiary/aromatic N) is 1. The van der Waals surface area contributed by atoms with Crippen molar-refractivity contribution >= 4 is 21.6 Å². The van der Waals surface area contributed by atoms with Crippen molar-refractivity contribution < 1.29 is 4.92 Å². The second-order valence-electron chi connectivity index (χ2n) is 2.51. The van der Waals surface area contributed by atoms with E-state index in [1.165, 1.54) is 0 Å². The van der Waals surface area contributed by atoms with E-state index < -0.39 is 0 Å². The van der Waals surface area contributed by atoms with Gasteiger partial charge in [-0.3, -0.25) is 10.1 Å². The van der Waals surface area contributed by atoms with Crippen LogP contribution in [0.2, 0.25) is 0 Å². The second-order valence-corrected chi connectivity index (χ2v) is 3.07. The topological polar surface area (TPSA) is 43.1 Å². The summed E-state index contributed by atoms with van der Waals surface area (Å²) in [7, 11) is 0. The Kier molecular flexibility index (Phi) is 2.81. The van der Waals surface area contributed by atoms with Gasteiger partial charge in [-0.15, -0.1) is 0 Å². The second kappa shape index (κ2) is 3.67. The summed E-state index contributed by atoms with van der Waals surface area (Å²) in [5.41, 5.74) is 1.81. The molecule has 0 fully saturated rings. The maximum atomic E-state index is 10.5. The highest BCUT2D eigenvalue weighted by atomic mass is 79.9. The Morgan fingerprint density at radius 1 is 1.58 bits per heavy atom. The first-order chi connectivity index (χ1) is 5.65. The molecule has 64 valence electrons. The Labute approximate surface area is 78.7 Å². The van der Waals surface area contributed by atoms with Gasteiger partial charge in [0.1, 0.15) is 0 Å². The lowest BCUT2D eigenvalue weighted by molar-refractivity contribution is -0.385. The Morgan fingerprint density at radius 3 is 2.75 bits per heavy atom. The van der Waals surface area contributed by atoms with Gasteiger partial charge in [0, 0.05) is 17.0 Å². The summed E-state index contributed by atoms with van der Waals surface area (Å²) < 4.78 is 0. The van der Waals surface area contributed by atoms with Crippen LogP contribution in [0.5, 0.6) is 0 Å². The van der Waals surface area contributed by atoms with Crippen LogP contribution in [0.25, 0.3) is 0 Å². The third kappa shape index (κ3) is 1.82. The molecule has 0 N–H and O–H groups in total. The van der Waals surface area contributed by atoms with Crippen molar-refractivity contribution in [1.82, 2.24) is 0 Å². The van der Waals surface area contributed by atoms with Crippen molar-refractivity contribution in [2.75, 3.05) is 0 Å². The van der Waals surface area contributed by atoms with Crippen LogP contribution in [-0.4, -0.2) is 4.92 Å². The highest BCUT2D eigenvalue weighted by Crippen LogP contribution is 2.20. The van der Waals surface area contributed by atoms with Gasteiger partial charge in [-0.2, -0.15) is 0 Å². The number of aryl methyl sites for hydroxylation is 1. The predicted molar refractivity (Wildman–Crippen MR) is 50.5 cm³/mol. The molecule has 0 aliphatic heterocycles. The van der Waals surface area contributed by atoms with E-state index >= 15 is 0 Å². The fourth-order valence-corrected chi connectivity index (χ4v) is 1.28. The molecule has 4 heteroatoms. The van der Waals surface area contributed by atoms with Crippen LogP contribution in [0.4, 0.5) is 5.69 Å². The van der Waals surface area contributed by atoms with Gasteiger partial charge in [-0.1, -0.05) is 28.1 Å². The zero-order chi connectivity index (χ0) is 9.14. The van der Waals surface area contributed by atoms with Crippen molar-refractivity contribution in [3.63, 3.8) is 0 Å². The van der Waals surface area contributed by atoms with Crippen LogP contribution >= 0.6 is 15.9 Å². The van der Waals surface area contributed by atoms with E-state index in [9.17, 15) is 10.1 Å². The van der Waals surface area contributed by atoms with Crippen LogP contribution in [0.1, 0.15) is 11.1 Å². The lowest BCUT2D eigenvalue weighted by Crippen LogP contribution is -1.92. The lowest BCUT2D eigenvalue weighted by atomic mass is 10.1. The monoisotopic (exact) mass is 229 g/mol. The van der Waals surface area contributed by atoms with Crippen molar-refractivity contribution in [1.29, 1.82) is 0 Å². The molecule has 1 aromatic carbocycles. The zero-order valence-corrected chi connectivity index (χ0v) is 8.17. The summed E-state index contributed by atoms with van der Waals surface area (Å²) >= 11 is 3.24. The molecule has 0 bridgehead atoms. The van der Waals surface area contributed by atoms with Gasteiger partial charge in [-0.25, -0.2) is 0 Å². The van der Waals surface area contributed by atoms with Gasteiger partial charge < -0.3 is 0 Å². The van der Waals surface area contributed by atoms with Gasteiger partial charge in [-0.05, 0) is 12.5 Å². The first-order valence-corrected chi connectivity index (χ1v) is 4.57. The largest absolute Gasteiger partial charge is 0.272 e. The quantitative estimate of drug-likeness (QED) is 0.445. The fraction of sp³-hybridized carbons (Fsp3) is 0.250. The van der Waals surface area contributed by atoms with Gasteiger partial charge in [0.25, 0.3) is 5.69 Å². The number of nitro groups is 1. The SMILES string of the molecule is Cc1ccc(CBr)cc1[N+](=O)[O-]. The summed E-state index contributed by atoms with van der Waals surface area (Å²) in [4.78, 5) is 10.1. The Balaban J connectivity index is 3.17.